The number of benzene rings is 1. The normalized spacial score (nSPS) is 17.7. The molecule has 0 bridgehead atoms. The molecule has 2 atom stereocenters. The van der Waals surface area contributed by atoms with Crippen molar-refractivity contribution in [3.8, 4) is 6.07 Å². The smallest absolute Gasteiger partial charge is 0.164 e. The van der Waals surface area contributed by atoms with E-state index in [0.717, 1.165) is 30.5 Å². The van der Waals surface area contributed by atoms with Crippen LogP contribution >= 0.6 is 0 Å². The van der Waals surface area contributed by atoms with Gasteiger partial charge < -0.3 is 0 Å². The van der Waals surface area contributed by atoms with Crippen LogP contribution in [0.2, 0.25) is 0 Å². The van der Waals surface area contributed by atoms with Crippen LogP contribution < -0.4 is 0 Å². The predicted octanol–water partition coefficient (Wildman–Crippen LogP) is 6.67. The Morgan fingerprint density at radius 3 is 2.72 bits per heavy atom. The highest BCUT2D eigenvalue weighted by molar-refractivity contribution is 6.04. The first kappa shape index (κ1) is 23.7. The lowest BCUT2D eigenvalue weighted by Crippen LogP contribution is -2.25. The molecule has 2 heterocycles. The number of hydrazone groups is 1. The highest BCUT2D eigenvalue weighted by Crippen LogP contribution is 2.40. The molecule has 2 aliphatic rings. The molecule has 0 amide bonds. The molecule has 0 aliphatic carbocycles. The third-order valence-corrected chi connectivity index (χ3v) is 6.70. The number of nitriles is 1. The van der Waals surface area contributed by atoms with Gasteiger partial charge in [-0.25, -0.2) is 9.40 Å². The van der Waals surface area contributed by atoms with Crippen molar-refractivity contribution in [2.75, 3.05) is 0 Å². The number of hydrogen-bond donors (Lipinski definition) is 0. The maximum Gasteiger partial charge on any atom is 0.164 e. The van der Waals surface area contributed by atoms with Crippen molar-refractivity contribution in [1.82, 2.24) is 5.01 Å². The highest BCUT2D eigenvalue weighted by atomic mass is 19.1. The largest absolute Gasteiger partial charge is 0.294 e. The molecule has 0 radical (unpaired) electrons. The Bertz CT molecular complexity index is 1070. The number of fused-ring (bicyclic) bond motifs is 1. The van der Waals surface area contributed by atoms with Gasteiger partial charge >= 0.3 is 0 Å². The fourth-order valence-electron chi connectivity index (χ4n) is 4.37. The lowest BCUT2D eigenvalue weighted by Gasteiger charge is -2.28. The molecule has 5 heteroatoms. The van der Waals surface area contributed by atoms with Gasteiger partial charge in [0.15, 0.2) is 5.78 Å². The number of carbonyl (C=O) groups is 1. The molecule has 1 aromatic carbocycles. The summed E-state index contributed by atoms with van der Waals surface area (Å²) in [6.07, 6.45) is 9.88. The minimum Gasteiger partial charge on any atom is -0.294 e. The summed E-state index contributed by atoms with van der Waals surface area (Å²) in [6, 6.07) is 4.98. The summed E-state index contributed by atoms with van der Waals surface area (Å²) in [5, 5.41) is 15.6. The number of carbonyl (C=O) groups excluding carboxylic acids is 1. The van der Waals surface area contributed by atoms with E-state index in [4.69, 9.17) is 0 Å². The Morgan fingerprint density at radius 2 is 2.03 bits per heavy atom. The van der Waals surface area contributed by atoms with Crippen LogP contribution in [0.15, 0.2) is 46.2 Å². The van der Waals surface area contributed by atoms with E-state index in [1.54, 1.807) is 24.2 Å². The molecule has 1 aromatic rings. The summed E-state index contributed by atoms with van der Waals surface area (Å²) in [4.78, 5) is 13.8. The van der Waals surface area contributed by atoms with Gasteiger partial charge in [0.1, 0.15) is 5.82 Å². The molecule has 0 fully saturated rings. The van der Waals surface area contributed by atoms with E-state index in [9.17, 15) is 10.1 Å². The van der Waals surface area contributed by atoms with E-state index in [1.165, 1.54) is 6.07 Å². The maximum absolute atomic E-state index is 15.3. The molecule has 2 unspecified atom stereocenters. The van der Waals surface area contributed by atoms with Crippen LogP contribution in [0.4, 0.5) is 4.39 Å². The second-order valence-corrected chi connectivity index (χ2v) is 8.96. The molecule has 4 nitrogen and oxygen atoms in total. The van der Waals surface area contributed by atoms with E-state index in [0.29, 0.717) is 40.8 Å². The summed E-state index contributed by atoms with van der Waals surface area (Å²) in [5.41, 5.74) is 4.39. The van der Waals surface area contributed by atoms with Gasteiger partial charge in [0, 0.05) is 23.3 Å². The Kier molecular flexibility index (Phi) is 7.45. The van der Waals surface area contributed by atoms with Crippen LogP contribution in [-0.4, -0.2) is 17.0 Å². The number of halogens is 1. The monoisotopic (exact) mass is 433 g/mol. The van der Waals surface area contributed by atoms with Gasteiger partial charge in [-0.2, -0.15) is 10.4 Å². The van der Waals surface area contributed by atoms with Crippen molar-refractivity contribution in [3.63, 3.8) is 0 Å². The van der Waals surface area contributed by atoms with Crippen LogP contribution in [-0.2, 0) is 4.79 Å². The predicted molar refractivity (Wildman–Crippen MR) is 127 cm³/mol. The van der Waals surface area contributed by atoms with Gasteiger partial charge in [-0.15, -0.1) is 0 Å². The molecular formula is C27H32FN3O. The minimum atomic E-state index is -0.511. The lowest BCUT2D eigenvalue weighted by atomic mass is 9.82. The first-order valence-electron chi connectivity index (χ1n) is 11.5. The SMILES string of the molecule is CCCCC(C)C(C)C(=O)C1=C(c2cc(C)c(C#N)cc2F)N2N=CC=CC2=C(C)CC1. The van der Waals surface area contributed by atoms with Crippen molar-refractivity contribution in [2.24, 2.45) is 16.9 Å². The van der Waals surface area contributed by atoms with Crippen LogP contribution in [0.1, 0.15) is 76.5 Å². The summed E-state index contributed by atoms with van der Waals surface area (Å²) in [6.45, 7) is 10.1. The average Bonchev–Trinajstić information content (AvgIpc) is 2.94. The van der Waals surface area contributed by atoms with E-state index >= 15 is 4.39 Å². The summed E-state index contributed by atoms with van der Waals surface area (Å²) < 4.78 is 15.3. The fraction of sp³-hybridized carbons (Fsp3) is 0.444. The van der Waals surface area contributed by atoms with Crippen molar-refractivity contribution in [1.29, 1.82) is 5.26 Å². The maximum atomic E-state index is 15.3. The van der Waals surface area contributed by atoms with E-state index in [1.807, 2.05) is 32.1 Å². The van der Waals surface area contributed by atoms with E-state index in [-0.39, 0.29) is 17.6 Å². The number of allylic oxidation sites excluding steroid dienone is 4. The zero-order valence-electron chi connectivity index (χ0n) is 19.7. The molecule has 0 aromatic heterocycles. The second kappa shape index (κ2) is 10.1. The third kappa shape index (κ3) is 4.60. The Hall–Kier alpha value is -3.00. The number of rotatable bonds is 7. The van der Waals surface area contributed by atoms with Crippen molar-refractivity contribution in [3.05, 3.63) is 63.6 Å². The van der Waals surface area contributed by atoms with Crippen molar-refractivity contribution in [2.45, 2.75) is 66.7 Å². The number of Topliss-reactive ketones (excluding diaryl/α,β-unsaturated/α-hetero) is 1. The molecular weight excluding hydrogens is 401 g/mol. The number of hydrogen-bond acceptors (Lipinski definition) is 4. The van der Waals surface area contributed by atoms with Crippen LogP contribution in [0.5, 0.6) is 0 Å². The number of ketones is 1. The van der Waals surface area contributed by atoms with Gasteiger partial charge in [0.2, 0.25) is 0 Å². The van der Waals surface area contributed by atoms with E-state index in [2.05, 4.69) is 18.9 Å². The first-order chi connectivity index (χ1) is 15.3. The van der Waals surface area contributed by atoms with Crippen LogP contribution in [0, 0.1) is 35.9 Å². The molecule has 0 saturated carbocycles. The first-order valence-corrected chi connectivity index (χ1v) is 11.5. The molecule has 0 spiro atoms. The van der Waals surface area contributed by atoms with Crippen molar-refractivity contribution >= 4 is 17.7 Å². The summed E-state index contributed by atoms with van der Waals surface area (Å²) in [7, 11) is 0. The molecule has 0 saturated heterocycles. The quantitative estimate of drug-likeness (QED) is 0.482. The van der Waals surface area contributed by atoms with Gasteiger partial charge in [-0.3, -0.25) is 4.79 Å². The summed E-state index contributed by atoms with van der Waals surface area (Å²) in [5.74, 6) is -0.378. The van der Waals surface area contributed by atoms with Gasteiger partial charge in [-0.05, 0) is 68.0 Å². The van der Waals surface area contributed by atoms with Gasteiger partial charge in [0.25, 0.3) is 0 Å². The zero-order chi connectivity index (χ0) is 23.4. The van der Waals surface area contributed by atoms with E-state index < -0.39 is 5.82 Å². The van der Waals surface area contributed by atoms with Crippen LogP contribution in [0.25, 0.3) is 5.70 Å². The van der Waals surface area contributed by atoms with Crippen molar-refractivity contribution < 1.29 is 9.18 Å². The number of unbranched alkanes of at least 4 members (excludes halogenated alkanes) is 1. The topological polar surface area (TPSA) is 56.5 Å². The second-order valence-electron chi connectivity index (χ2n) is 8.96. The summed E-state index contributed by atoms with van der Waals surface area (Å²) >= 11 is 0. The molecule has 2 aliphatic heterocycles. The Morgan fingerprint density at radius 1 is 1.28 bits per heavy atom. The number of nitrogens with zero attached hydrogens (tertiary/aromatic N) is 3. The molecule has 0 N–H and O–H groups in total. The minimum absolute atomic E-state index is 0.0591. The lowest BCUT2D eigenvalue weighted by molar-refractivity contribution is -0.120. The standard InChI is InChI=1S/C27H32FN3O/c1-6-7-9-17(2)20(5)27(32)22-12-11-18(3)25-10-8-13-30-31(25)26(22)23-14-19(4)21(16-29)15-24(23)28/h8,10,13-15,17,20H,6-7,9,11-12H2,1-5H3. The molecule has 32 heavy (non-hydrogen) atoms. The fourth-order valence-corrected chi connectivity index (χ4v) is 4.37. The molecule has 168 valence electrons. The number of aryl methyl sites for hydroxylation is 1. The average molecular weight is 434 g/mol. The Labute approximate surface area is 190 Å². The third-order valence-electron chi connectivity index (χ3n) is 6.70. The zero-order valence-corrected chi connectivity index (χ0v) is 19.7. The Balaban J connectivity index is 2.20. The van der Waals surface area contributed by atoms with Crippen LogP contribution in [0.3, 0.4) is 0 Å². The highest BCUT2D eigenvalue weighted by Gasteiger charge is 2.33. The van der Waals surface area contributed by atoms with Gasteiger partial charge in [0.05, 0.1) is 23.0 Å². The van der Waals surface area contributed by atoms with Gasteiger partial charge in [-0.1, -0.05) is 40.0 Å². The molecule has 3 rings (SSSR count).